The first-order valence-corrected chi connectivity index (χ1v) is 9.42. The lowest BCUT2D eigenvalue weighted by Crippen LogP contribution is -2.60. The maximum Gasteiger partial charge on any atom is 0.229 e. The fourth-order valence-electron chi connectivity index (χ4n) is 3.80. The molecule has 5 atom stereocenters. The van der Waals surface area contributed by atoms with E-state index in [1.165, 1.54) is 31.2 Å². The Balaban J connectivity index is 1.76. The van der Waals surface area contributed by atoms with Gasteiger partial charge in [-0.2, -0.15) is 0 Å². The molecule has 2 aromatic carbocycles. The van der Waals surface area contributed by atoms with Gasteiger partial charge in [0.25, 0.3) is 0 Å². The Bertz CT molecular complexity index is 1080. The highest BCUT2D eigenvalue weighted by molar-refractivity contribution is 6.30. The smallest absolute Gasteiger partial charge is 0.229 e. The molecule has 1 saturated heterocycles. The number of rotatable bonds is 3. The predicted molar refractivity (Wildman–Crippen MR) is 102 cm³/mol. The summed E-state index contributed by atoms with van der Waals surface area (Å²) in [6.45, 7) is 0.736. The van der Waals surface area contributed by atoms with Gasteiger partial charge >= 0.3 is 0 Å². The molecular formula is C21H20O10. The number of carbonyl (C=O) groups excluding carboxylic acids is 2. The van der Waals surface area contributed by atoms with Gasteiger partial charge in [-0.15, -0.1) is 0 Å². The molecule has 164 valence electrons. The molecule has 0 spiro atoms. The molecule has 0 bridgehead atoms. The second-order valence-electron chi connectivity index (χ2n) is 7.44. The lowest BCUT2D eigenvalue weighted by Gasteiger charge is -2.39. The van der Waals surface area contributed by atoms with Crippen molar-refractivity contribution in [2.24, 2.45) is 0 Å². The summed E-state index contributed by atoms with van der Waals surface area (Å²) in [6.07, 6.45) is -7.72. The van der Waals surface area contributed by atoms with Gasteiger partial charge in [-0.25, -0.2) is 0 Å². The SMILES string of the molecule is Cc1c(O[C@@H]2O[C@H](CO)[C@H](O)[C@H](O)[C@H]2O)cc2c(c1O)C(=O)c1c(O)cccc1C2=O. The fourth-order valence-corrected chi connectivity index (χ4v) is 3.80. The molecule has 1 fully saturated rings. The zero-order valence-electron chi connectivity index (χ0n) is 16.2. The number of benzene rings is 2. The molecule has 0 aromatic heterocycles. The second-order valence-corrected chi connectivity index (χ2v) is 7.44. The fraction of sp³-hybridized carbons (Fsp3) is 0.333. The molecule has 10 nitrogen and oxygen atoms in total. The largest absolute Gasteiger partial charge is 0.507 e. The molecule has 31 heavy (non-hydrogen) atoms. The van der Waals surface area contributed by atoms with Gasteiger partial charge in [-0.3, -0.25) is 9.59 Å². The van der Waals surface area contributed by atoms with Gasteiger partial charge in [0.05, 0.1) is 17.7 Å². The summed E-state index contributed by atoms with van der Waals surface area (Å²) in [4.78, 5) is 25.9. The molecule has 1 heterocycles. The van der Waals surface area contributed by atoms with E-state index in [2.05, 4.69) is 0 Å². The molecule has 1 aliphatic carbocycles. The van der Waals surface area contributed by atoms with Crippen LogP contribution in [0.15, 0.2) is 24.3 Å². The Kier molecular flexibility index (Phi) is 5.20. The normalized spacial score (nSPS) is 27.6. The van der Waals surface area contributed by atoms with Gasteiger partial charge in [0, 0.05) is 16.7 Å². The molecule has 0 amide bonds. The molecule has 1 aliphatic heterocycles. The number of carbonyl (C=O) groups is 2. The first-order valence-electron chi connectivity index (χ1n) is 9.42. The highest BCUT2D eigenvalue weighted by Gasteiger charge is 2.45. The van der Waals surface area contributed by atoms with Crippen molar-refractivity contribution >= 4 is 11.6 Å². The minimum absolute atomic E-state index is 0.0377. The van der Waals surface area contributed by atoms with Crippen molar-refractivity contribution in [3.8, 4) is 17.2 Å². The van der Waals surface area contributed by atoms with Crippen LogP contribution in [-0.4, -0.2) is 79.5 Å². The van der Waals surface area contributed by atoms with Crippen LogP contribution in [0.25, 0.3) is 0 Å². The van der Waals surface area contributed by atoms with E-state index in [1.54, 1.807) is 0 Å². The van der Waals surface area contributed by atoms with E-state index in [-0.39, 0.29) is 39.3 Å². The average Bonchev–Trinajstić information content (AvgIpc) is 2.75. The number of phenolic OH excluding ortho intramolecular Hbond substituents is 2. The van der Waals surface area contributed by atoms with Crippen LogP contribution in [0.5, 0.6) is 17.2 Å². The first-order chi connectivity index (χ1) is 14.7. The van der Waals surface area contributed by atoms with Crippen molar-refractivity contribution < 1.29 is 49.7 Å². The summed E-state index contributed by atoms with van der Waals surface area (Å²) >= 11 is 0. The maximum absolute atomic E-state index is 13.0. The van der Waals surface area contributed by atoms with Crippen LogP contribution in [0.1, 0.15) is 37.4 Å². The Hall–Kier alpha value is -3.02. The third-order valence-electron chi connectivity index (χ3n) is 5.58. The number of fused-ring (bicyclic) bond motifs is 2. The summed E-state index contributed by atoms with van der Waals surface area (Å²) < 4.78 is 10.9. The van der Waals surface area contributed by atoms with Gasteiger partial charge in [0.1, 0.15) is 41.7 Å². The molecule has 2 aromatic rings. The van der Waals surface area contributed by atoms with Crippen LogP contribution in [0.3, 0.4) is 0 Å². The molecule has 0 radical (unpaired) electrons. The molecule has 4 rings (SSSR count). The number of hydrogen-bond acceptors (Lipinski definition) is 10. The van der Waals surface area contributed by atoms with E-state index in [1.807, 2.05) is 0 Å². The highest BCUT2D eigenvalue weighted by atomic mass is 16.7. The minimum Gasteiger partial charge on any atom is -0.507 e. The standard InChI is InChI=1S/C21H20O10/c1-7-11(30-21-20(29)19(28)17(26)12(6-22)31-21)5-9-14(15(7)24)18(27)13-8(16(9)25)3-2-4-10(13)23/h2-5,12,17,19-24,26,28-29H,6H2,1H3/t12-,17+,19+,20-,21-/m1/s1. The van der Waals surface area contributed by atoms with Gasteiger partial charge in [0.2, 0.25) is 12.1 Å². The van der Waals surface area contributed by atoms with Crippen molar-refractivity contribution in [1.29, 1.82) is 0 Å². The molecular weight excluding hydrogens is 412 g/mol. The predicted octanol–water partition coefficient (Wildman–Crippen LogP) is -0.640. The molecule has 0 saturated carbocycles. The number of hydrogen-bond donors (Lipinski definition) is 6. The van der Waals surface area contributed by atoms with E-state index >= 15 is 0 Å². The third-order valence-corrected chi connectivity index (χ3v) is 5.58. The molecule has 2 aliphatic rings. The lowest BCUT2D eigenvalue weighted by atomic mass is 9.82. The van der Waals surface area contributed by atoms with Crippen LogP contribution in [-0.2, 0) is 4.74 Å². The summed E-state index contributed by atoms with van der Waals surface area (Å²) in [5, 5.41) is 60.0. The van der Waals surface area contributed by atoms with Gasteiger partial charge in [-0.05, 0) is 19.1 Å². The van der Waals surface area contributed by atoms with Crippen LogP contribution in [0, 0.1) is 6.92 Å². The van der Waals surface area contributed by atoms with Gasteiger partial charge < -0.3 is 40.1 Å². The molecule has 6 N–H and O–H groups in total. The summed E-state index contributed by atoms with van der Waals surface area (Å²) in [5.41, 5.74) is -0.684. The number of aliphatic hydroxyl groups is 4. The van der Waals surface area contributed by atoms with E-state index in [4.69, 9.17) is 9.47 Å². The monoisotopic (exact) mass is 432 g/mol. The topological polar surface area (TPSA) is 174 Å². The summed E-state index contributed by atoms with van der Waals surface area (Å²) in [7, 11) is 0. The minimum atomic E-state index is -1.70. The summed E-state index contributed by atoms with van der Waals surface area (Å²) in [6, 6.07) is 5.23. The van der Waals surface area contributed by atoms with E-state index < -0.39 is 54.6 Å². The number of ether oxygens (including phenoxy) is 2. The Morgan fingerprint density at radius 2 is 1.68 bits per heavy atom. The Morgan fingerprint density at radius 3 is 2.35 bits per heavy atom. The third kappa shape index (κ3) is 3.16. The van der Waals surface area contributed by atoms with E-state index in [9.17, 15) is 40.2 Å². The van der Waals surface area contributed by atoms with Crippen LogP contribution in [0.4, 0.5) is 0 Å². The average molecular weight is 432 g/mol. The van der Waals surface area contributed by atoms with Gasteiger partial charge in [0.15, 0.2) is 5.78 Å². The van der Waals surface area contributed by atoms with Crippen LogP contribution in [0.2, 0.25) is 0 Å². The number of phenols is 2. The number of aliphatic hydroxyl groups excluding tert-OH is 4. The summed E-state index contributed by atoms with van der Waals surface area (Å²) in [5.74, 6) is -2.42. The van der Waals surface area contributed by atoms with Crippen LogP contribution < -0.4 is 4.74 Å². The lowest BCUT2D eigenvalue weighted by molar-refractivity contribution is -0.277. The van der Waals surface area contributed by atoms with E-state index in [0.29, 0.717) is 0 Å². The maximum atomic E-state index is 13.0. The Morgan fingerprint density at radius 1 is 0.968 bits per heavy atom. The molecule has 10 heteroatoms. The second kappa shape index (κ2) is 7.59. The van der Waals surface area contributed by atoms with Crippen molar-refractivity contribution in [1.82, 2.24) is 0 Å². The van der Waals surface area contributed by atoms with Gasteiger partial charge in [-0.1, -0.05) is 12.1 Å². The Labute approximate surface area is 175 Å². The van der Waals surface area contributed by atoms with Crippen molar-refractivity contribution in [2.75, 3.05) is 6.61 Å². The van der Waals surface area contributed by atoms with Crippen molar-refractivity contribution in [2.45, 2.75) is 37.6 Å². The first kappa shape index (κ1) is 21.2. The van der Waals surface area contributed by atoms with Crippen molar-refractivity contribution in [3.63, 3.8) is 0 Å². The number of aromatic hydroxyl groups is 2. The zero-order valence-corrected chi connectivity index (χ0v) is 16.2. The van der Waals surface area contributed by atoms with Crippen molar-refractivity contribution in [3.05, 3.63) is 52.1 Å². The zero-order chi connectivity index (χ0) is 22.6. The highest BCUT2D eigenvalue weighted by Crippen LogP contribution is 2.42. The van der Waals surface area contributed by atoms with E-state index in [0.717, 1.165) is 0 Å². The quantitative estimate of drug-likeness (QED) is 0.312. The molecule has 0 unspecified atom stereocenters. The van der Waals surface area contributed by atoms with Crippen LogP contribution >= 0.6 is 0 Å². The number of ketones is 2.